The van der Waals surface area contributed by atoms with Gasteiger partial charge in [0.05, 0.1) is 11.0 Å². The number of aromatic amines is 1. The van der Waals surface area contributed by atoms with Crippen LogP contribution in [0.2, 0.25) is 0 Å². The number of H-pyrrole nitrogens is 1. The zero-order valence-corrected chi connectivity index (χ0v) is 10.2. The van der Waals surface area contributed by atoms with E-state index in [1.807, 2.05) is 6.92 Å². The summed E-state index contributed by atoms with van der Waals surface area (Å²) in [6.07, 6.45) is 3.15. The number of nitrogens with one attached hydrogen (secondary N) is 2. The number of hydrogen-bond acceptors (Lipinski definition) is 4. The van der Waals surface area contributed by atoms with E-state index in [-0.39, 0.29) is 11.9 Å². The van der Waals surface area contributed by atoms with Crippen LogP contribution < -0.4 is 5.32 Å². The minimum Gasteiger partial charge on any atom is -0.342 e. The van der Waals surface area contributed by atoms with Gasteiger partial charge in [0.1, 0.15) is 5.82 Å². The molecule has 0 radical (unpaired) electrons. The molecule has 6 nitrogen and oxygen atoms in total. The highest BCUT2D eigenvalue weighted by molar-refractivity contribution is 6.05. The van der Waals surface area contributed by atoms with Crippen LogP contribution in [0.4, 0.5) is 5.95 Å². The number of hydrogen-bond donors (Lipinski definition) is 2. The average Bonchev–Trinajstić information content (AvgIpc) is 2.78. The number of carbonyl (C=O) groups is 1. The third-order valence-electron chi connectivity index (χ3n) is 2.65. The number of aryl methyl sites for hydroxylation is 1. The fourth-order valence-corrected chi connectivity index (χ4v) is 1.82. The predicted molar refractivity (Wildman–Crippen MR) is 70.8 cm³/mol. The monoisotopic (exact) mass is 253 g/mol. The summed E-state index contributed by atoms with van der Waals surface area (Å²) >= 11 is 0. The van der Waals surface area contributed by atoms with Gasteiger partial charge in [0, 0.05) is 18.0 Å². The molecular formula is C13H11N5O. The number of imidazole rings is 1. The maximum atomic E-state index is 12.0. The Morgan fingerprint density at radius 3 is 2.84 bits per heavy atom. The van der Waals surface area contributed by atoms with Crippen LogP contribution in [0.3, 0.4) is 0 Å². The minimum absolute atomic E-state index is 0.250. The van der Waals surface area contributed by atoms with Gasteiger partial charge in [-0.05, 0) is 31.2 Å². The number of benzene rings is 1. The van der Waals surface area contributed by atoms with Crippen LogP contribution in [0.25, 0.3) is 11.0 Å². The van der Waals surface area contributed by atoms with Gasteiger partial charge in [0.25, 0.3) is 5.91 Å². The van der Waals surface area contributed by atoms with Crippen LogP contribution in [0, 0.1) is 6.92 Å². The molecule has 94 valence electrons. The highest BCUT2D eigenvalue weighted by Crippen LogP contribution is 2.14. The number of amides is 1. The first kappa shape index (κ1) is 11.3. The fraction of sp³-hybridized carbons (Fsp3) is 0.0769. The van der Waals surface area contributed by atoms with Crippen LogP contribution in [0.1, 0.15) is 16.2 Å². The van der Waals surface area contributed by atoms with Crippen molar-refractivity contribution < 1.29 is 4.79 Å². The Morgan fingerprint density at radius 1 is 1.26 bits per heavy atom. The van der Waals surface area contributed by atoms with Crippen molar-refractivity contribution in [2.24, 2.45) is 0 Å². The summed E-state index contributed by atoms with van der Waals surface area (Å²) in [5.41, 5.74) is 2.20. The van der Waals surface area contributed by atoms with Gasteiger partial charge in [0.2, 0.25) is 5.95 Å². The number of carbonyl (C=O) groups excluding carboxylic acids is 1. The molecule has 0 saturated carbocycles. The number of anilines is 1. The fourth-order valence-electron chi connectivity index (χ4n) is 1.82. The number of rotatable bonds is 2. The second-order valence-corrected chi connectivity index (χ2v) is 4.08. The Bertz CT molecular complexity index is 735. The van der Waals surface area contributed by atoms with E-state index in [0.29, 0.717) is 5.56 Å². The van der Waals surface area contributed by atoms with Gasteiger partial charge in [-0.3, -0.25) is 10.1 Å². The predicted octanol–water partition coefficient (Wildman–Crippen LogP) is 1.91. The lowest BCUT2D eigenvalue weighted by Gasteiger charge is -2.02. The Kier molecular flexibility index (Phi) is 2.68. The van der Waals surface area contributed by atoms with Gasteiger partial charge in [-0.25, -0.2) is 15.0 Å². The Hall–Kier alpha value is -2.76. The average molecular weight is 253 g/mol. The molecule has 0 atom stereocenters. The Morgan fingerprint density at radius 2 is 2.05 bits per heavy atom. The molecule has 2 N–H and O–H groups in total. The van der Waals surface area contributed by atoms with Gasteiger partial charge in [-0.2, -0.15) is 0 Å². The molecule has 0 fully saturated rings. The summed E-state index contributed by atoms with van der Waals surface area (Å²) in [6, 6.07) is 6.98. The summed E-state index contributed by atoms with van der Waals surface area (Å²) in [4.78, 5) is 27.3. The van der Waals surface area contributed by atoms with E-state index in [0.717, 1.165) is 16.9 Å². The molecule has 0 bridgehead atoms. The molecule has 19 heavy (non-hydrogen) atoms. The molecule has 0 aliphatic rings. The second kappa shape index (κ2) is 4.49. The van der Waals surface area contributed by atoms with Crippen molar-refractivity contribution >= 4 is 22.9 Å². The van der Waals surface area contributed by atoms with Crippen molar-refractivity contribution in [1.82, 2.24) is 19.9 Å². The summed E-state index contributed by atoms with van der Waals surface area (Å²) in [6.45, 7) is 1.87. The lowest BCUT2D eigenvalue weighted by Crippen LogP contribution is -2.13. The normalized spacial score (nSPS) is 10.6. The maximum Gasteiger partial charge on any atom is 0.258 e. The molecular weight excluding hydrogens is 242 g/mol. The first-order chi connectivity index (χ1) is 9.22. The Balaban J connectivity index is 1.89. The molecule has 0 aliphatic carbocycles. The van der Waals surface area contributed by atoms with Crippen LogP contribution in [0.15, 0.2) is 36.7 Å². The van der Waals surface area contributed by atoms with Crippen molar-refractivity contribution in [3.05, 3.63) is 48.0 Å². The van der Waals surface area contributed by atoms with E-state index in [1.54, 1.807) is 36.7 Å². The van der Waals surface area contributed by atoms with Crippen LogP contribution >= 0.6 is 0 Å². The molecule has 3 rings (SSSR count). The van der Waals surface area contributed by atoms with Crippen LogP contribution in [-0.2, 0) is 0 Å². The minimum atomic E-state index is -0.250. The number of nitrogens with zero attached hydrogens (tertiary/aromatic N) is 3. The lowest BCUT2D eigenvalue weighted by atomic mass is 10.2. The second-order valence-electron chi connectivity index (χ2n) is 4.08. The third-order valence-corrected chi connectivity index (χ3v) is 2.65. The number of aromatic nitrogens is 4. The largest absolute Gasteiger partial charge is 0.342 e. The van der Waals surface area contributed by atoms with Crippen molar-refractivity contribution in [3.8, 4) is 0 Å². The van der Waals surface area contributed by atoms with Gasteiger partial charge < -0.3 is 4.98 Å². The summed E-state index contributed by atoms with van der Waals surface area (Å²) in [7, 11) is 0. The number of fused-ring (bicyclic) bond motifs is 1. The molecule has 2 aromatic heterocycles. The molecule has 0 spiro atoms. The first-order valence-electron chi connectivity index (χ1n) is 5.77. The summed E-state index contributed by atoms with van der Waals surface area (Å²) < 4.78 is 0. The molecule has 6 heteroatoms. The van der Waals surface area contributed by atoms with Crippen molar-refractivity contribution in [2.45, 2.75) is 6.92 Å². The standard InChI is InChI=1S/C13H11N5O/c1-8-16-10-4-3-9(7-11(10)17-8)12(19)18-13-14-5-2-6-15-13/h2-7H,1H3,(H,16,17)(H,14,15,18,19). The van der Waals surface area contributed by atoms with E-state index in [4.69, 9.17) is 0 Å². The highest BCUT2D eigenvalue weighted by atomic mass is 16.1. The van der Waals surface area contributed by atoms with E-state index in [9.17, 15) is 4.79 Å². The van der Waals surface area contributed by atoms with E-state index in [2.05, 4.69) is 25.3 Å². The molecule has 0 saturated heterocycles. The molecule has 2 heterocycles. The smallest absolute Gasteiger partial charge is 0.258 e. The van der Waals surface area contributed by atoms with Crippen molar-refractivity contribution in [3.63, 3.8) is 0 Å². The quantitative estimate of drug-likeness (QED) is 0.730. The van der Waals surface area contributed by atoms with Crippen molar-refractivity contribution in [2.75, 3.05) is 5.32 Å². The summed E-state index contributed by atoms with van der Waals surface area (Å²) in [5.74, 6) is 0.854. The molecule has 1 aromatic carbocycles. The van der Waals surface area contributed by atoms with Crippen LogP contribution in [0.5, 0.6) is 0 Å². The maximum absolute atomic E-state index is 12.0. The van der Waals surface area contributed by atoms with E-state index < -0.39 is 0 Å². The van der Waals surface area contributed by atoms with Gasteiger partial charge in [-0.1, -0.05) is 0 Å². The van der Waals surface area contributed by atoms with Gasteiger partial charge >= 0.3 is 0 Å². The lowest BCUT2D eigenvalue weighted by molar-refractivity contribution is 0.102. The topological polar surface area (TPSA) is 83.6 Å². The van der Waals surface area contributed by atoms with Gasteiger partial charge in [0.15, 0.2) is 0 Å². The molecule has 3 aromatic rings. The van der Waals surface area contributed by atoms with Gasteiger partial charge in [-0.15, -0.1) is 0 Å². The van der Waals surface area contributed by atoms with Crippen molar-refractivity contribution in [1.29, 1.82) is 0 Å². The molecule has 0 unspecified atom stereocenters. The third kappa shape index (κ3) is 2.28. The van der Waals surface area contributed by atoms with E-state index in [1.165, 1.54) is 0 Å². The first-order valence-corrected chi connectivity index (χ1v) is 5.77. The SMILES string of the molecule is Cc1nc2ccc(C(=O)Nc3ncccn3)cc2[nH]1. The molecule has 0 aliphatic heterocycles. The van der Waals surface area contributed by atoms with Crippen LogP contribution in [-0.4, -0.2) is 25.8 Å². The van der Waals surface area contributed by atoms with E-state index >= 15 is 0 Å². The Labute approximate surface area is 108 Å². The zero-order valence-electron chi connectivity index (χ0n) is 10.2. The highest BCUT2D eigenvalue weighted by Gasteiger charge is 2.09. The molecule has 1 amide bonds. The summed E-state index contributed by atoms with van der Waals surface area (Å²) in [5, 5.41) is 2.63. The zero-order chi connectivity index (χ0) is 13.2.